The van der Waals surface area contributed by atoms with Gasteiger partial charge < -0.3 is 4.90 Å². The summed E-state index contributed by atoms with van der Waals surface area (Å²) in [6.45, 7) is 2.32. The average Bonchev–Trinajstić information content (AvgIpc) is 2.65. The number of halogens is 1. The van der Waals surface area contributed by atoms with Crippen molar-refractivity contribution >= 4 is 28.1 Å². The molecule has 1 aromatic heterocycles. The van der Waals surface area contributed by atoms with E-state index in [2.05, 4.69) is 15.3 Å². The Morgan fingerprint density at radius 1 is 1.20 bits per heavy atom. The first-order valence-corrected chi connectivity index (χ1v) is 7.07. The molecule has 0 unspecified atom stereocenters. The lowest BCUT2D eigenvalue weighted by molar-refractivity contribution is 0.556. The van der Waals surface area contributed by atoms with Gasteiger partial charge >= 0.3 is 0 Å². The van der Waals surface area contributed by atoms with Crippen LogP contribution >= 0.6 is 22.9 Å². The molecule has 0 atom stereocenters. The van der Waals surface area contributed by atoms with Crippen LogP contribution in [0, 0.1) is 0 Å². The molecule has 0 N–H and O–H groups in total. The summed E-state index contributed by atoms with van der Waals surface area (Å²) in [6, 6.07) is 0. The van der Waals surface area contributed by atoms with Crippen molar-refractivity contribution in [2.45, 2.75) is 38.0 Å². The Balaban J connectivity index is 2.00. The van der Waals surface area contributed by atoms with Gasteiger partial charge in [-0.05, 0) is 12.8 Å². The molecule has 0 spiro atoms. The minimum Gasteiger partial charge on any atom is -0.348 e. The Kier molecular flexibility index (Phi) is 4.27. The van der Waals surface area contributed by atoms with Crippen LogP contribution in [0.4, 0.5) is 5.13 Å². The van der Waals surface area contributed by atoms with Crippen LogP contribution in [0.25, 0.3) is 0 Å². The number of aromatic nitrogens is 1. The Morgan fingerprint density at radius 2 is 1.87 bits per heavy atom. The minimum absolute atomic E-state index is 0.532. The molecule has 1 saturated heterocycles. The van der Waals surface area contributed by atoms with E-state index >= 15 is 0 Å². The number of thiazole rings is 1. The van der Waals surface area contributed by atoms with E-state index in [1.165, 1.54) is 32.1 Å². The average molecular weight is 245 g/mol. The third kappa shape index (κ3) is 3.08. The van der Waals surface area contributed by atoms with Crippen LogP contribution in [0.5, 0.6) is 0 Å². The molecule has 84 valence electrons. The Hall–Kier alpha value is -0.280. The summed E-state index contributed by atoms with van der Waals surface area (Å²) in [5.74, 6) is 0.532. The molecule has 0 saturated carbocycles. The molecule has 0 aromatic carbocycles. The smallest absolute Gasteiger partial charge is 0.185 e. The first-order chi connectivity index (χ1) is 7.40. The highest BCUT2D eigenvalue weighted by Gasteiger charge is 2.12. The van der Waals surface area contributed by atoms with Gasteiger partial charge in [-0.3, -0.25) is 0 Å². The van der Waals surface area contributed by atoms with E-state index in [9.17, 15) is 0 Å². The van der Waals surface area contributed by atoms with Gasteiger partial charge in [-0.2, -0.15) is 0 Å². The third-order valence-corrected chi connectivity index (χ3v) is 4.03. The zero-order valence-electron chi connectivity index (χ0n) is 8.91. The summed E-state index contributed by atoms with van der Waals surface area (Å²) in [5, 5.41) is 3.23. The molecule has 1 aliphatic rings. The molecular weight excluding hydrogens is 228 g/mol. The molecule has 4 heteroatoms. The normalized spacial score (nSPS) is 18.6. The fraction of sp³-hybridized carbons (Fsp3) is 0.727. The van der Waals surface area contributed by atoms with E-state index in [1.54, 1.807) is 11.3 Å². The molecule has 1 aromatic rings. The Bertz CT molecular complexity index is 293. The Labute approximate surface area is 100 Å². The predicted octanol–water partition coefficient (Wildman–Crippen LogP) is 3.65. The van der Waals surface area contributed by atoms with Crippen LogP contribution in [-0.4, -0.2) is 18.1 Å². The summed E-state index contributed by atoms with van der Waals surface area (Å²) in [6.07, 6.45) is 6.73. The molecule has 1 fully saturated rings. The van der Waals surface area contributed by atoms with Gasteiger partial charge in [-0.15, -0.1) is 22.9 Å². The minimum atomic E-state index is 0.532. The molecule has 2 rings (SSSR count). The lowest BCUT2D eigenvalue weighted by Crippen LogP contribution is -2.26. The summed E-state index contributed by atoms with van der Waals surface area (Å²) >= 11 is 7.49. The van der Waals surface area contributed by atoms with E-state index in [0.717, 1.165) is 23.9 Å². The monoisotopic (exact) mass is 244 g/mol. The maximum absolute atomic E-state index is 5.76. The quantitative estimate of drug-likeness (QED) is 0.739. The second-order valence-electron chi connectivity index (χ2n) is 4.01. The van der Waals surface area contributed by atoms with Gasteiger partial charge in [0.2, 0.25) is 0 Å². The van der Waals surface area contributed by atoms with Crippen molar-refractivity contribution in [3.63, 3.8) is 0 Å². The molecule has 0 amide bonds. The van der Waals surface area contributed by atoms with E-state index in [-0.39, 0.29) is 0 Å². The Morgan fingerprint density at radius 3 is 2.47 bits per heavy atom. The number of alkyl halides is 1. The van der Waals surface area contributed by atoms with Gasteiger partial charge in [-0.1, -0.05) is 19.3 Å². The zero-order chi connectivity index (χ0) is 10.5. The maximum Gasteiger partial charge on any atom is 0.185 e. The number of anilines is 1. The standard InChI is InChI=1S/C11H17ClN2S/c12-8-10-9-15-11(13-10)14-6-4-2-1-3-5-7-14/h9H,1-8H2. The topological polar surface area (TPSA) is 16.1 Å². The molecule has 0 aliphatic carbocycles. The molecule has 2 nitrogen and oxygen atoms in total. The van der Waals surface area contributed by atoms with Gasteiger partial charge in [0, 0.05) is 18.5 Å². The summed E-state index contributed by atoms with van der Waals surface area (Å²) < 4.78 is 0. The van der Waals surface area contributed by atoms with Gasteiger partial charge in [0.1, 0.15) is 0 Å². The number of nitrogens with zero attached hydrogens (tertiary/aromatic N) is 2. The van der Waals surface area contributed by atoms with Gasteiger partial charge in [0.15, 0.2) is 5.13 Å². The number of hydrogen-bond donors (Lipinski definition) is 0. The van der Waals surface area contributed by atoms with Crippen molar-refractivity contribution in [3.05, 3.63) is 11.1 Å². The van der Waals surface area contributed by atoms with Crippen LogP contribution in [-0.2, 0) is 5.88 Å². The number of rotatable bonds is 2. The van der Waals surface area contributed by atoms with E-state index in [0.29, 0.717) is 5.88 Å². The predicted molar refractivity (Wildman–Crippen MR) is 67.0 cm³/mol. The molecule has 0 bridgehead atoms. The van der Waals surface area contributed by atoms with Crippen LogP contribution < -0.4 is 4.90 Å². The van der Waals surface area contributed by atoms with Crippen LogP contribution in [0.1, 0.15) is 37.8 Å². The fourth-order valence-electron chi connectivity index (χ4n) is 1.94. The highest BCUT2D eigenvalue weighted by atomic mass is 35.5. The van der Waals surface area contributed by atoms with Crippen molar-refractivity contribution in [2.24, 2.45) is 0 Å². The van der Waals surface area contributed by atoms with Crippen LogP contribution in [0.3, 0.4) is 0 Å². The highest BCUT2D eigenvalue weighted by Crippen LogP contribution is 2.23. The first kappa shape index (κ1) is 11.2. The summed E-state index contributed by atoms with van der Waals surface area (Å²) in [7, 11) is 0. The second kappa shape index (κ2) is 5.71. The van der Waals surface area contributed by atoms with Crippen molar-refractivity contribution in [1.29, 1.82) is 0 Å². The number of hydrogen-bond acceptors (Lipinski definition) is 3. The summed E-state index contributed by atoms with van der Waals surface area (Å²) in [5.41, 5.74) is 1.01. The summed E-state index contributed by atoms with van der Waals surface area (Å²) in [4.78, 5) is 6.95. The largest absolute Gasteiger partial charge is 0.348 e. The molecular formula is C11H17ClN2S. The molecule has 2 heterocycles. The zero-order valence-corrected chi connectivity index (χ0v) is 10.5. The van der Waals surface area contributed by atoms with Gasteiger partial charge in [-0.25, -0.2) is 4.98 Å². The maximum atomic E-state index is 5.76. The van der Waals surface area contributed by atoms with Crippen molar-refractivity contribution in [3.8, 4) is 0 Å². The van der Waals surface area contributed by atoms with E-state index in [1.807, 2.05) is 0 Å². The van der Waals surface area contributed by atoms with E-state index in [4.69, 9.17) is 11.6 Å². The highest BCUT2D eigenvalue weighted by molar-refractivity contribution is 7.13. The molecule has 0 radical (unpaired) electrons. The molecule has 1 aliphatic heterocycles. The molecule has 15 heavy (non-hydrogen) atoms. The SMILES string of the molecule is ClCc1csc(N2CCCCCCC2)n1. The van der Waals surface area contributed by atoms with Crippen molar-refractivity contribution in [1.82, 2.24) is 4.98 Å². The fourth-order valence-corrected chi connectivity index (χ4v) is 3.05. The van der Waals surface area contributed by atoms with Crippen molar-refractivity contribution in [2.75, 3.05) is 18.0 Å². The van der Waals surface area contributed by atoms with Crippen LogP contribution in [0.2, 0.25) is 0 Å². The van der Waals surface area contributed by atoms with Gasteiger partial charge in [0.05, 0.1) is 11.6 Å². The van der Waals surface area contributed by atoms with E-state index < -0.39 is 0 Å². The van der Waals surface area contributed by atoms with Crippen LogP contribution in [0.15, 0.2) is 5.38 Å². The first-order valence-electron chi connectivity index (χ1n) is 5.65. The lowest BCUT2D eigenvalue weighted by atomic mass is 10.1. The lowest BCUT2D eigenvalue weighted by Gasteiger charge is -2.23. The van der Waals surface area contributed by atoms with Crippen molar-refractivity contribution < 1.29 is 0 Å². The van der Waals surface area contributed by atoms with Gasteiger partial charge in [0.25, 0.3) is 0 Å². The second-order valence-corrected chi connectivity index (χ2v) is 5.11. The third-order valence-electron chi connectivity index (χ3n) is 2.80.